The van der Waals surface area contributed by atoms with Crippen molar-refractivity contribution in [1.82, 2.24) is 0 Å². The molecule has 1 rings (SSSR count). The molecule has 79 valence electrons. The van der Waals surface area contributed by atoms with Crippen molar-refractivity contribution in [1.29, 1.82) is 0 Å². The van der Waals surface area contributed by atoms with Crippen molar-refractivity contribution in [2.75, 3.05) is 12.4 Å². The molecule has 0 heterocycles. The summed E-state index contributed by atoms with van der Waals surface area (Å²) in [5.41, 5.74) is 0.698. The Morgan fingerprint density at radius 1 is 1.33 bits per heavy atom. The number of anilines is 1. The number of ether oxygens (including phenoxy) is 1. The molecular formula is C11H12NO3. The molecule has 0 aromatic heterocycles. The van der Waals surface area contributed by atoms with E-state index in [9.17, 15) is 9.59 Å². The van der Waals surface area contributed by atoms with Crippen LogP contribution in [0.15, 0.2) is 24.3 Å². The van der Waals surface area contributed by atoms with Gasteiger partial charge in [-0.3, -0.25) is 9.59 Å². The second-order valence-electron chi connectivity index (χ2n) is 2.91. The third-order valence-electron chi connectivity index (χ3n) is 1.79. The SMILES string of the molecule is COC(=O)CCC(=O)Nc1cc[c]cc1. The van der Waals surface area contributed by atoms with Gasteiger partial charge >= 0.3 is 5.97 Å². The zero-order chi connectivity index (χ0) is 11.1. The third kappa shape index (κ3) is 4.26. The molecule has 0 aliphatic carbocycles. The van der Waals surface area contributed by atoms with E-state index in [0.29, 0.717) is 5.69 Å². The number of amides is 1. The summed E-state index contributed by atoms with van der Waals surface area (Å²) in [6.07, 6.45) is 0.229. The minimum absolute atomic E-state index is 0.0985. The topological polar surface area (TPSA) is 55.4 Å². The van der Waals surface area contributed by atoms with Gasteiger partial charge in [-0.05, 0) is 18.2 Å². The Hall–Kier alpha value is -1.84. The third-order valence-corrected chi connectivity index (χ3v) is 1.79. The number of rotatable bonds is 4. The average molecular weight is 206 g/mol. The highest BCUT2D eigenvalue weighted by molar-refractivity contribution is 5.92. The molecule has 0 aliphatic heterocycles. The summed E-state index contributed by atoms with van der Waals surface area (Å²) in [6.45, 7) is 0. The number of carbonyl (C=O) groups is 2. The van der Waals surface area contributed by atoms with Crippen molar-refractivity contribution in [3.8, 4) is 0 Å². The fourth-order valence-electron chi connectivity index (χ4n) is 1.01. The molecule has 1 aromatic rings. The van der Waals surface area contributed by atoms with Crippen LogP contribution in [-0.4, -0.2) is 19.0 Å². The second-order valence-corrected chi connectivity index (χ2v) is 2.91. The Morgan fingerprint density at radius 3 is 2.60 bits per heavy atom. The number of benzene rings is 1. The summed E-state index contributed by atoms with van der Waals surface area (Å²) in [5, 5.41) is 2.65. The lowest BCUT2D eigenvalue weighted by Crippen LogP contribution is -2.13. The highest BCUT2D eigenvalue weighted by Crippen LogP contribution is 2.05. The van der Waals surface area contributed by atoms with Gasteiger partial charge in [0.05, 0.1) is 13.5 Å². The van der Waals surface area contributed by atoms with Crippen molar-refractivity contribution in [2.24, 2.45) is 0 Å². The molecule has 1 N–H and O–H groups in total. The summed E-state index contributed by atoms with van der Waals surface area (Å²) in [6, 6.07) is 9.71. The minimum atomic E-state index is -0.383. The standard InChI is InChI=1S/C11H12NO3/c1-15-11(14)8-7-10(13)12-9-5-3-2-4-6-9/h3-6H,7-8H2,1H3,(H,12,13). The molecule has 15 heavy (non-hydrogen) atoms. The van der Waals surface area contributed by atoms with Gasteiger partial charge in [0.15, 0.2) is 0 Å². The van der Waals surface area contributed by atoms with Gasteiger partial charge in [-0.15, -0.1) is 0 Å². The summed E-state index contributed by atoms with van der Waals surface area (Å²) in [5.74, 6) is -0.585. The van der Waals surface area contributed by atoms with E-state index in [0.717, 1.165) is 0 Å². The normalized spacial score (nSPS) is 9.40. The smallest absolute Gasteiger partial charge is 0.306 e. The van der Waals surface area contributed by atoms with Gasteiger partial charge in [0.25, 0.3) is 0 Å². The largest absolute Gasteiger partial charge is 0.469 e. The predicted octanol–water partition coefficient (Wildman–Crippen LogP) is 1.38. The first-order chi connectivity index (χ1) is 7.22. The Labute approximate surface area is 88.2 Å². The number of nitrogens with one attached hydrogen (secondary N) is 1. The number of methoxy groups -OCH3 is 1. The van der Waals surface area contributed by atoms with Crippen LogP contribution in [-0.2, 0) is 14.3 Å². The number of hydrogen-bond donors (Lipinski definition) is 1. The Morgan fingerprint density at radius 2 is 2.00 bits per heavy atom. The van der Waals surface area contributed by atoms with Gasteiger partial charge in [0, 0.05) is 12.1 Å². The maximum atomic E-state index is 11.3. The van der Waals surface area contributed by atoms with Crippen molar-refractivity contribution >= 4 is 17.6 Å². The Kier molecular flexibility index (Phi) is 4.34. The van der Waals surface area contributed by atoms with Crippen LogP contribution in [0.4, 0.5) is 5.69 Å². The van der Waals surface area contributed by atoms with Crippen LogP contribution in [0.1, 0.15) is 12.8 Å². The lowest BCUT2D eigenvalue weighted by Gasteiger charge is -2.03. The van der Waals surface area contributed by atoms with E-state index in [1.807, 2.05) is 0 Å². The van der Waals surface area contributed by atoms with Crippen molar-refractivity contribution in [3.63, 3.8) is 0 Å². The fraction of sp³-hybridized carbons (Fsp3) is 0.273. The molecule has 4 heteroatoms. The number of hydrogen-bond acceptors (Lipinski definition) is 3. The maximum absolute atomic E-state index is 11.3. The van der Waals surface area contributed by atoms with Gasteiger partial charge in [0.1, 0.15) is 0 Å². The molecule has 4 nitrogen and oxygen atoms in total. The van der Waals surface area contributed by atoms with Gasteiger partial charge in [-0.2, -0.15) is 0 Å². The summed E-state index contributed by atoms with van der Waals surface area (Å²) in [4.78, 5) is 22.1. The fourth-order valence-corrected chi connectivity index (χ4v) is 1.01. The van der Waals surface area contributed by atoms with Crippen LogP contribution >= 0.6 is 0 Å². The molecule has 0 saturated carbocycles. The highest BCUT2D eigenvalue weighted by atomic mass is 16.5. The first-order valence-corrected chi connectivity index (χ1v) is 4.55. The Bertz CT molecular complexity index is 335. The summed E-state index contributed by atoms with van der Waals surface area (Å²) >= 11 is 0. The second kappa shape index (κ2) is 5.80. The molecule has 0 spiro atoms. The van der Waals surface area contributed by atoms with Gasteiger partial charge in [0.2, 0.25) is 5.91 Å². The first kappa shape index (κ1) is 11.2. The van der Waals surface area contributed by atoms with Crippen LogP contribution in [0, 0.1) is 6.07 Å². The molecule has 1 aromatic carbocycles. The van der Waals surface area contributed by atoms with E-state index in [2.05, 4.69) is 16.1 Å². The molecule has 0 atom stereocenters. The van der Waals surface area contributed by atoms with Crippen molar-refractivity contribution < 1.29 is 14.3 Å². The van der Waals surface area contributed by atoms with E-state index in [-0.39, 0.29) is 24.7 Å². The molecule has 0 saturated heterocycles. The van der Waals surface area contributed by atoms with Gasteiger partial charge in [-0.1, -0.05) is 12.1 Å². The van der Waals surface area contributed by atoms with Crippen LogP contribution in [0.2, 0.25) is 0 Å². The maximum Gasteiger partial charge on any atom is 0.306 e. The van der Waals surface area contributed by atoms with Crippen LogP contribution in [0.25, 0.3) is 0 Å². The highest BCUT2D eigenvalue weighted by Gasteiger charge is 2.06. The molecule has 0 bridgehead atoms. The van der Waals surface area contributed by atoms with Crippen LogP contribution in [0.5, 0.6) is 0 Å². The van der Waals surface area contributed by atoms with E-state index in [4.69, 9.17) is 0 Å². The van der Waals surface area contributed by atoms with E-state index >= 15 is 0 Å². The zero-order valence-corrected chi connectivity index (χ0v) is 8.45. The molecule has 0 fully saturated rings. The first-order valence-electron chi connectivity index (χ1n) is 4.55. The lowest BCUT2D eigenvalue weighted by atomic mass is 10.2. The number of carbonyl (C=O) groups excluding carboxylic acids is 2. The molecule has 0 aliphatic rings. The van der Waals surface area contributed by atoms with Gasteiger partial charge < -0.3 is 10.1 Å². The van der Waals surface area contributed by atoms with E-state index in [1.54, 1.807) is 24.3 Å². The van der Waals surface area contributed by atoms with E-state index < -0.39 is 0 Å². The Balaban J connectivity index is 2.34. The van der Waals surface area contributed by atoms with E-state index in [1.165, 1.54) is 7.11 Å². The lowest BCUT2D eigenvalue weighted by molar-refractivity contribution is -0.141. The van der Waals surface area contributed by atoms with Crippen LogP contribution < -0.4 is 5.32 Å². The zero-order valence-electron chi connectivity index (χ0n) is 8.45. The predicted molar refractivity (Wildman–Crippen MR) is 55.2 cm³/mol. The molecule has 1 amide bonds. The van der Waals surface area contributed by atoms with Crippen molar-refractivity contribution in [3.05, 3.63) is 30.3 Å². The van der Waals surface area contributed by atoms with Crippen molar-refractivity contribution in [2.45, 2.75) is 12.8 Å². The molecule has 0 unspecified atom stereocenters. The summed E-state index contributed by atoms with van der Waals surface area (Å²) in [7, 11) is 1.30. The molecular weight excluding hydrogens is 194 g/mol. The minimum Gasteiger partial charge on any atom is -0.469 e. The quantitative estimate of drug-likeness (QED) is 0.757. The van der Waals surface area contributed by atoms with Crippen LogP contribution in [0.3, 0.4) is 0 Å². The monoisotopic (exact) mass is 206 g/mol. The summed E-state index contributed by atoms with van der Waals surface area (Å²) < 4.78 is 4.43. The number of esters is 1. The average Bonchev–Trinajstić information content (AvgIpc) is 2.27. The van der Waals surface area contributed by atoms with Gasteiger partial charge in [-0.25, -0.2) is 0 Å². The molecule has 1 radical (unpaired) electrons.